The molecule has 0 aliphatic carbocycles. The van der Waals surface area contributed by atoms with Crippen LogP contribution >= 0.6 is 0 Å². The highest BCUT2D eigenvalue weighted by atomic mass is 16.5. The average molecular weight is 453 g/mol. The Bertz CT molecular complexity index is 1040. The maximum atomic E-state index is 12.7. The number of carbonyl (C=O) groups excluding carboxylic acids is 1. The van der Waals surface area contributed by atoms with Crippen LogP contribution in [0.5, 0.6) is 0 Å². The second-order valence-corrected chi connectivity index (χ2v) is 9.67. The highest BCUT2D eigenvalue weighted by molar-refractivity contribution is 5.79. The van der Waals surface area contributed by atoms with Gasteiger partial charge in [0.15, 0.2) is 0 Å². The van der Waals surface area contributed by atoms with E-state index in [9.17, 15) is 4.79 Å². The molecule has 2 saturated heterocycles. The van der Waals surface area contributed by atoms with E-state index >= 15 is 0 Å². The number of aromatic nitrogens is 4. The number of nitrogen functional groups attached to an aromatic ring is 1. The van der Waals surface area contributed by atoms with Gasteiger partial charge < -0.3 is 25.2 Å². The molecular weight excluding hydrogens is 420 g/mol. The summed E-state index contributed by atoms with van der Waals surface area (Å²) >= 11 is 0. The maximum absolute atomic E-state index is 12.7. The van der Waals surface area contributed by atoms with E-state index in [1.807, 2.05) is 18.7 Å². The zero-order valence-electron chi connectivity index (χ0n) is 19.6. The molecule has 2 aromatic heterocycles. The minimum Gasteiger partial charge on any atom is -0.378 e. The van der Waals surface area contributed by atoms with Crippen LogP contribution in [0.25, 0.3) is 11.3 Å². The smallest absolute Gasteiger partial charge is 0.228 e. The molecule has 10 heteroatoms. The maximum Gasteiger partial charge on any atom is 0.228 e. The summed E-state index contributed by atoms with van der Waals surface area (Å²) < 4.78 is 5.53. The SMILES string of the molecule is CC(C)C(=O)N1CC[C@@](C)(N2CCc3c(-c4cnc(N)nc4)nc(N4CCOCC4)nc32)C1. The first kappa shape index (κ1) is 21.8. The largest absolute Gasteiger partial charge is 0.378 e. The fraction of sp³-hybridized carbons (Fsp3) is 0.609. The monoisotopic (exact) mass is 452 g/mol. The van der Waals surface area contributed by atoms with Crippen LogP contribution < -0.4 is 15.5 Å². The number of likely N-dealkylation sites (tertiary alicyclic amines) is 1. The van der Waals surface area contributed by atoms with Crippen LogP contribution in [0.1, 0.15) is 32.8 Å². The predicted molar refractivity (Wildman–Crippen MR) is 126 cm³/mol. The second-order valence-electron chi connectivity index (χ2n) is 9.67. The molecule has 1 atom stereocenters. The Balaban J connectivity index is 1.54. The van der Waals surface area contributed by atoms with E-state index in [2.05, 4.69) is 26.7 Å². The van der Waals surface area contributed by atoms with Crippen LogP contribution in [0.4, 0.5) is 17.7 Å². The van der Waals surface area contributed by atoms with Crippen LogP contribution in [0.3, 0.4) is 0 Å². The van der Waals surface area contributed by atoms with E-state index in [0.717, 1.165) is 61.7 Å². The lowest BCUT2D eigenvalue weighted by Crippen LogP contribution is -2.49. The van der Waals surface area contributed by atoms with Crippen LogP contribution in [-0.4, -0.2) is 82.2 Å². The fourth-order valence-corrected chi connectivity index (χ4v) is 5.09. The van der Waals surface area contributed by atoms with Gasteiger partial charge in [-0.2, -0.15) is 4.98 Å². The van der Waals surface area contributed by atoms with Gasteiger partial charge in [-0.25, -0.2) is 15.0 Å². The number of amides is 1. The molecule has 0 spiro atoms. The molecule has 0 unspecified atom stereocenters. The van der Waals surface area contributed by atoms with Gasteiger partial charge in [0.1, 0.15) is 5.82 Å². The highest BCUT2D eigenvalue weighted by Gasteiger charge is 2.45. The van der Waals surface area contributed by atoms with Gasteiger partial charge in [-0.3, -0.25) is 4.79 Å². The van der Waals surface area contributed by atoms with Gasteiger partial charge in [0.2, 0.25) is 17.8 Å². The van der Waals surface area contributed by atoms with Crippen LogP contribution in [0, 0.1) is 5.92 Å². The number of fused-ring (bicyclic) bond motifs is 1. The molecule has 3 aliphatic rings. The van der Waals surface area contributed by atoms with Gasteiger partial charge >= 0.3 is 0 Å². The first-order valence-corrected chi connectivity index (χ1v) is 11.7. The van der Waals surface area contributed by atoms with Crippen LogP contribution in [0.15, 0.2) is 12.4 Å². The van der Waals surface area contributed by atoms with Crippen molar-refractivity contribution in [2.24, 2.45) is 5.92 Å². The van der Waals surface area contributed by atoms with Gasteiger partial charge in [0.25, 0.3) is 0 Å². The lowest BCUT2D eigenvalue weighted by molar-refractivity contribution is -0.133. The van der Waals surface area contributed by atoms with E-state index in [4.69, 9.17) is 20.4 Å². The summed E-state index contributed by atoms with van der Waals surface area (Å²) in [5, 5.41) is 0. The Kier molecular flexibility index (Phi) is 5.55. The fourth-order valence-electron chi connectivity index (χ4n) is 5.09. The first-order valence-electron chi connectivity index (χ1n) is 11.7. The number of nitrogens with zero attached hydrogens (tertiary/aromatic N) is 7. The molecule has 3 aliphatic heterocycles. The summed E-state index contributed by atoms with van der Waals surface area (Å²) in [6.07, 6.45) is 5.22. The van der Waals surface area contributed by atoms with Crippen molar-refractivity contribution < 1.29 is 9.53 Å². The van der Waals surface area contributed by atoms with Crippen LogP contribution in [0.2, 0.25) is 0 Å². The number of morpholine rings is 1. The van der Waals surface area contributed by atoms with Gasteiger partial charge in [0.05, 0.1) is 24.4 Å². The molecule has 5 heterocycles. The van der Waals surface area contributed by atoms with Crippen molar-refractivity contribution in [1.29, 1.82) is 0 Å². The topological polar surface area (TPSA) is 114 Å². The third-order valence-electron chi connectivity index (χ3n) is 6.96. The van der Waals surface area contributed by atoms with E-state index in [1.165, 1.54) is 0 Å². The van der Waals surface area contributed by atoms with Crippen molar-refractivity contribution in [2.75, 3.05) is 61.5 Å². The first-order chi connectivity index (χ1) is 15.9. The Morgan fingerprint density at radius 3 is 2.55 bits per heavy atom. The molecule has 5 rings (SSSR count). The molecule has 176 valence electrons. The minimum absolute atomic E-state index is 0.00517. The van der Waals surface area contributed by atoms with Crippen molar-refractivity contribution in [2.45, 2.75) is 39.2 Å². The van der Waals surface area contributed by atoms with Crippen molar-refractivity contribution in [3.63, 3.8) is 0 Å². The normalized spacial score (nSPS) is 22.8. The zero-order chi connectivity index (χ0) is 23.2. The summed E-state index contributed by atoms with van der Waals surface area (Å²) in [4.78, 5) is 37.7. The number of ether oxygens (including phenoxy) is 1. The van der Waals surface area contributed by atoms with Gasteiger partial charge in [-0.15, -0.1) is 0 Å². The van der Waals surface area contributed by atoms with Crippen molar-refractivity contribution in [3.05, 3.63) is 18.0 Å². The molecule has 0 bridgehead atoms. The summed E-state index contributed by atoms with van der Waals surface area (Å²) in [6.45, 7) is 11.3. The molecule has 1 amide bonds. The summed E-state index contributed by atoms with van der Waals surface area (Å²) in [6, 6.07) is 0. The molecule has 0 aromatic carbocycles. The quantitative estimate of drug-likeness (QED) is 0.734. The number of anilines is 3. The third-order valence-corrected chi connectivity index (χ3v) is 6.96. The average Bonchev–Trinajstić information content (AvgIpc) is 3.44. The number of nitrogens with two attached hydrogens (primary N) is 1. The molecular formula is C23H32N8O2. The second kappa shape index (κ2) is 8.40. The van der Waals surface area contributed by atoms with Gasteiger partial charge in [-0.1, -0.05) is 13.8 Å². The third kappa shape index (κ3) is 3.96. The Hall–Kier alpha value is -3.01. The summed E-state index contributed by atoms with van der Waals surface area (Å²) in [5.41, 5.74) is 8.37. The molecule has 2 fully saturated rings. The van der Waals surface area contributed by atoms with E-state index in [0.29, 0.717) is 25.7 Å². The minimum atomic E-state index is -0.165. The lowest BCUT2D eigenvalue weighted by atomic mass is 9.99. The van der Waals surface area contributed by atoms with Crippen molar-refractivity contribution >= 4 is 23.6 Å². The van der Waals surface area contributed by atoms with E-state index in [-0.39, 0.29) is 23.3 Å². The van der Waals surface area contributed by atoms with Gasteiger partial charge in [-0.05, 0) is 19.8 Å². The Morgan fingerprint density at radius 1 is 1.12 bits per heavy atom. The van der Waals surface area contributed by atoms with Crippen molar-refractivity contribution in [3.8, 4) is 11.3 Å². The lowest BCUT2D eigenvalue weighted by Gasteiger charge is -2.37. The number of carbonyl (C=O) groups is 1. The molecule has 10 nitrogen and oxygen atoms in total. The number of hydrogen-bond acceptors (Lipinski definition) is 9. The molecule has 2 aromatic rings. The Labute approximate surface area is 194 Å². The molecule has 0 radical (unpaired) electrons. The molecule has 0 saturated carbocycles. The summed E-state index contributed by atoms with van der Waals surface area (Å²) in [5.74, 6) is 2.13. The summed E-state index contributed by atoms with van der Waals surface area (Å²) in [7, 11) is 0. The number of rotatable bonds is 4. The zero-order valence-corrected chi connectivity index (χ0v) is 19.6. The number of hydrogen-bond donors (Lipinski definition) is 1. The highest BCUT2D eigenvalue weighted by Crippen LogP contribution is 2.41. The molecule has 33 heavy (non-hydrogen) atoms. The van der Waals surface area contributed by atoms with Crippen LogP contribution in [-0.2, 0) is 16.0 Å². The van der Waals surface area contributed by atoms with Gasteiger partial charge in [0, 0.05) is 62.2 Å². The standard InChI is InChI=1S/C23H32N8O2/c1-15(2)20(32)30-7-5-23(3,14-30)31-6-4-17-18(16-12-25-21(24)26-13-16)27-22(28-19(17)31)29-8-10-33-11-9-29/h12-13,15H,4-11,14H2,1-3H3,(H2,24,25,26)/t23-/m1/s1. The predicted octanol–water partition coefficient (Wildman–Crippen LogP) is 1.36. The Morgan fingerprint density at radius 2 is 1.85 bits per heavy atom. The molecule has 2 N–H and O–H groups in total. The van der Waals surface area contributed by atoms with E-state index < -0.39 is 0 Å². The van der Waals surface area contributed by atoms with Crippen molar-refractivity contribution in [1.82, 2.24) is 24.8 Å². The van der Waals surface area contributed by atoms with E-state index in [1.54, 1.807) is 12.4 Å².